The van der Waals surface area contributed by atoms with E-state index in [1.807, 2.05) is 70.5 Å². The van der Waals surface area contributed by atoms with Gasteiger partial charge in [-0.05, 0) is 42.8 Å². The van der Waals surface area contributed by atoms with E-state index in [-0.39, 0.29) is 5.91 Å². The van der Waals surface area contributed by atoms with Crippen molar-refractivity contribution in [3.63, 3.8) is 0 Å². The molecule has 5 nitrogen and oxygen atoms in total. The van der Waals surface area contributed by atoms with Crippen molar-refractivity contribution in [3.8, 4) is 11.5 Å². The Morgan fingerprint density at radius 3 is 2.40 bits per heavy atom. The normalized spacial score (nSPS) is 13.2. The van der Waals surface area contributed by atoms with Crippen molar-refractivity contribution in [1.29, 1.82) is 0 Å². The summed E-state index contributed by atoms with van der Waals surface area (Å²) in [5.41, 5.74) is 5.28. The summed E-state index contributed by atoms with van der Waals surface area (Å²) in [5.74, 6) is 0.985. The highest BCUT2D eigenvalue weighted by atomic mass is 16.2. The third-order valence-corrected chi connectivity index (χ3v) is 5.39. The second-order valence-corrected chi connectivity index (χ2v) is 7.52. The fourth-order valence-electron chi connectivity index (χ4n) is 3.80. The molecule has 0 saturated heterocycles. The van der Waals surface area contributed by atoms with Gasteiger partial charge in [0, 0.05) is 24.0 Å². The Bertz CT molecular complexity index is 1200. The molecule has 2 aromatic carbocycles. The molecule has 0 bridgehead atoms. The van der Waals surface area contributed by atoms with Gasteiger partial charge in [0.15, 0.2) is 0 Å². The topological polar surface area (TPSA) is 43.1 Å². The maximum Gasteiger partial charge on any atom is 0.247 e. The zero-order chi connectivity index (χ0) is 20.5. The van der Waals surface area contributed by atoms with Crippen LogP contribution in [0.1, 0.15) is 22.4 Å². The SMILES string of the molecule is Cc1ccc(-n2nc3c(c2-n2cccc2)CN(C(=O)/C=C/c2ccccc2)C3)cc1. The fraction of sp³-hybridized carbons (Fsp3) is 0.120. The molecule has 1 aliphatic rings. The molecule has 30 heavy (non-hydrogen) atoms. The molecule has 0 N–H and O–H groups in total. The lowest BCUT2D eigenvalue weighted by Gasteiger charge is -2.16. The number of fused-ring (bicyclic) bond motifs is 1. The van der Waals surface area contributed by atoms with Crippen LogP contribution in [0.2, 0.25) is 0 Å². The molecule has 5 rings (SSSR count). The minimum absolute atomic E-state index is 0.00260. The third kappa shape index (κ3) is 3.35. The van der Waals surface area contributed by atoms with Crippen molar-refractivity contribution in [2.75, 3.05) is 0 Å². The van der Waals surface area contributed by atoms with Crippen molar-refractivity contribution in [1.82, 2.24) is 19.2 Å². The highest BCUT2D eigenvalue weighted by Gasteiger charge is 2.30. The number of carbonyl (C=O) groups is 1. The lowest BCUT2D eigenvalue weighted by molar-refractivity contribution is -0.126. The van der Waals surface area contributed by atoms with Gasteiger partial charge in [0.1, 0.15) is 5.82 Å². The molecule has 0 fully saturated rings. The van der Waals surface area contributed by atoms with E-state index in [1.54, 1.807) is 6.08 Å². The van der Waals surface area contributed by atoms with Crippen LogP contribution in [-0.4, -0.2) is 25.2 Å². The van der Waals surface area contributed by atoms with Gasteiger partial charge in [0.2, 0.25) is 5.91 Å². The van der Waals surface area contributed by atoms with E-state index in [4.69, 9.17) is 5.10 Å². The molecule has 0 radical (unpaired) electrons. The number of carbonyl (C=O) groups excluding carboxylic acids is 1. The van der Waals surface area contributed by atoms with Gasteiger partial charge in [0.25, 0.3) is 0 Å². The summed E-state index contributed by atoms with van der Waals surface area (Å²) in [5, 5.41) is 4.88. The van der Waals surface area contributed by atoms with E-state index < -0.39 is 0 Å². The van der Waals surface area contributed by atoms with E-state index in [1.165, 1.54) is 5.56 Å². The molecule has 0 saturated carbocycles. The first kappa shape index (κ1) is 18.2. The van der Waals surface area contributed by atoms with Crippen molar-refractivity contribution < 1.29 is 4.79 Å². The number of aryl methyl sites for hydroxylation is 1. The summed E-state index contributed by atoms with van der Waals surface area (Å²) in [6.07, 6.45) is 7.53. The van der Waals surface area contributed by atoms with Crippen LogP contribution in [0.25, 0.3) is 17.6 Å². The molecular weight excluding hydrogens is 372 g/mol. The number of aromatic nitrogens is 3. The Morgan fingerprint density at radius 2 is 1.67 bits per heavy atom. The molecule has 2 aromatic heterocycles. The highest BCUT2D eigenvalue weighted by molar-refractivity contribution is 5.92. The second kappa shape index (κ2) is 7.52. The molecule has 1 amide bonds. The average molecular weight is 394 g/mol. The van der Waals surface area contributed by atoms with Crippen LogP contribution in [0.5, 0.6) is 0 Å². The first-order valence-electron chi connectivity index (χ1n) is 10.0. The van der Waals surface area contributed by atoms with Gasteiger partial charge in [-0.15, -0.1) is 0 Å². The average Bonchev–Trinajstić information content (AvgIpc) is 3.49. The van der Waals surface area contributed by atoms with Gasteiger partial charge in [-0.25, -0.2) is 4.68 Å². The van der Waals surface area contributed by atoms with Crippen molar-refractivity contribution in [2.24, 2.45) is 0 Å². The Kier molecular flexibility index (Phi) is 4.56. The van der Waals surface area contributed by atoms with E-state index in [0.717, 1.165) is 28.3 Å². The van der Waals surface area contributed by atoms with Gasteiger partial charge in [-0.1, -0.05) is 48.0 Å². The van der Waals surface area contributed by atoms with Crippen molar-refractivity contribution >= 4 is 12.0 Å². The van der Waals surface area contributed by atoms with Crippen LogP contribution in [0.15, 0.2) is 85.2 Å². The number of hydrogen-bond donors (Lipinski definition) is 0. The molecule has 4 aromatic rings. The van der Waals surface area contributed by atoms with Crippen LogP contribution in [0, 0.1) is 6.92 Å². The maximum absolute atomic E-state index is 12.8. The van der Waals surface area contributed by atoms with Gasteiger partial charge >= 0.3 is 0 Å². The molecule has 0 spiro atoms. The number of amides is 1. The smallest absolute Gasteiger partial charge is 0.247 e. The Balaban J connectivity index is 1.46. The first-order chi connectivity index (χ1) is 14.7. The van der Waals surface area contributed by atoms with E-state index in [0.29, 0.717) is 13.1 Å². The van der Waals surface area contributed by atoms with E-state index in [2.05, 4.69) is 35.8 Å². The predicted octanol–water partition coefficient (Wildman–Crippen LogP) is 4.53. The van der Waals surface area contributed by atoms with Gasteiger partial charge in [-0.2, -0.15) is 5.10 Å². The first-order valence-corrected chi connectivity index (χ1v) is 10.0. The van der Waals surface area contributed by atoms with Gasteiger partial charge in [0.05, 0.1) is 24.5 Å². The molecule has 1 aliphatic heterocycles. The quantitative estimate of drug-likeness (QED) is 0.478. The minimum Gasteiger partial charge on any atom is -0.329 e. The highest BCUT2D eigenvalue weighted by Crippen LogP contribution is 2.30. The number of benzene rings is 2. The number of hydrogen-bond acceptors (Lipinski definition) is 2. The van der Waals surface area contributed by atoms with Gasteiger partial charge in [-0.3, -0.25) is 4.79 Å². The Hall–Kier alpha value is -3.86. The van der Waals surface area contributed by atoms with E-state index in [9.17, 15) is 4.79 Å². The molecule has 0 atom stereocenters. The van der Waals surface area contributed by atoms with Crippen molar-refractivity contribution in [2.45, 2.75) is 20.0 Å². The fourth-order valence-corrected chi connectivity index (χ4v) is 3.80. The monoisotopic (exact) mass is 394 g/mol. The maximum atomic E-state index is 12.8. The minimum atomic E-state index is -0.00260. The van der Waals surface area contributed by atoms with Crippen molar-refractivity contribution in [3.05, 3.63) is 108 Å². The largest absolute Gasteiger partial charge is 0.329 e. The Morgan fingerprint density at radius 1 is 0.933 bits per heavy atom. The summed E-state index contributed by atoms with van der Waals surface area (Å²) in [4.78, 5) is 14.6. The standard InChI is InChI=1S/C25H22N4O/c1-19-9-12-21(13-10-19)29-25(27-15-5-6-16-27)22-17-28(18-23(22)26-29)24(30)14-11-20-7-3-2-4-8-20/h2-16H,17-18H2,1H3/b14-11+. The zero-order valence-electron chi connectivity index (χ0n) is 16.8. The van der Waals surface area contributed by atoms with E-state index >= 15 is 0 Å². The lowest BCUT2D eigenvalue weighted by atomic mass is 10.2. The summed E-state index contributed by atoms with van der Waals surface area (Å²) in [6, 6.07) is 22.2. The zero-order valence-corrected chi connectivity index (χ0v) is 16.8. The van der Waals surface area contributed by atoms with Crippen LogP contribution < -0.4 is 0 Å². The lowest BCUT2D eigenvalue weighted by Crippen LogP contribution is -2.24. The molecule has 5 heteroatoms. The number of rotatable bonds is 4. The molecule has 0 unspecified atom stereocenters. The summed E-state index contributed by atoms with van der Waals surface area (Å²) in [7, 11) is 0. The third-order valence-electron chi connectivity index (χ3n) is 5.39. The summed E-state index contributed by atoms with van der Waals surface area (Å²) >= 11 is 0. The van der Waals surface area contributed by atoms with Crippen LogP contribution in [-0.2, 0) is 17.9 Å². The van der Waals surface area contributed by atoms with Crippen LogP contribution in [0.4, 0.5) is 0 Å². The summed E-state index contributed by atoms with van der Waals surface area (Å²) < 4.78 is 4.05. The van der Waals surface area contributed by atoms with Crippen LogP contribution >= 0.6 is 0 Å². The van der Waals surface area contributed by atoms with Gasteiger partial charge < -0.3 is 9.47 Å². The summed E-state index contributed by atoms with van der Waals surface area (Å²) in [6.45, 7) is 3.14. The predicted molar refractivity (Wildman–Crippen MR) is 117 cm³/mol. The molecule has 0 aliphatic carbocycles. The van der Waals surface area contributed by atoms with Crippen LogP contribution in [0.3, 0.4) is 0 Å². The molecule has 148 valence electrons. The molecular formula is C25H22N4O. The Labute approximate surface area is 175 Å². The molecule has 3 heterocycles. The second-order valence-electron chi connectivity index (χ2n) is 7.52. The number of nitrogens with zero attached hydrogens (tertiary/aromatic N) is 4.